The van der Waals surface area contributed by atoms with E-state index in [9.17, 15) is 4.79 Å². The zero-order valence-corrected chi connectivity index (χ0v) is 13.2. The monoisotopic (exact) mass is 338 g/mol. The molecular formula is C16H19BrO3. The van der Waals surface area contributed by atoms with Crippen molar-refractivity contribution in [2.75, 3.05) is 19.8 Å². The fraction of sp³-hybridized carbons (Fsp3) is 0.562. The molecule has 1 aromatic rings. The fourth-order valence-corrected chi connectivity index (χ4v) is 3.71. The Labute approximate surface area is 127 Å². The molecule has 1 spiro atoms. The second-order valence-electron chi connectivity index (χ2n) is 5.85. The average Bonchev–Trinajstić information content (AvgIpc) is 2.86. The Morgan fingerprint density at radius 1 is 1.40 bits per heavy atom. The van der Waals surface area contributed by atoms with Crippen LogP contribution in [0.3, 0.4) is 0 Å². The number of ketones is 1. The predicted octanol–water partition coefficient (Wildman–Crippen LogP) is 3.53. The van der Waals surface area contributed by atoms with Crippen LogP contribution in [-0.2, 0) is 9.47 Å². The normalized spacial score (nSPS) is 29.8. The zero-order valence-electron chi connectivity index (χ0n) is 11.7. The van der Waals surface area contributed by atoms with E-state index in [0.717, 1.165) is 41.5 Å². The van der Waals surface area contributed by atoms with Gasteiger partial charge >= 0.3 is 0 Å². The number of hydrogen-bond donors (Lipinski definition) is 0. The van der Waals surface area contributed by atoms with Crippen molar-refractivity contribution in [1.82, 2.24) is 0 Å². The maximum atomic E-state index is 12.8. The molecule has 20 heavy (non-hydrogen) atoms. The number of Topliss-reactive ketones (excluding diaryl/α,β-unsaturated/α-hetero) is 1. The summed E-state index contributed by atoms with van der Waals surface area (Å²) in [5.41, 5.74) is 1.67. The highest BCUT2D eigenvalue weighted by Gasteiger charge is 2.43. The van der Waals surface area contributed by atoms with Crippen LogP contribution >= 0.6 is 15.9 Å². The highest BCUT2D eigenvalue weighted by molar-refractivity contribution is 9.10. The van der Waals surface area contributed by atoms with Crippen LogP contribution in [0.1, 0.15) is 35.2 Å². The minimum atomic E-state index is -0.207. The van der Waals surface area contributed by atoms with Gasteiger partial charge in [-0.1, -0.05) is 22.0 Å². The summed E-state index contributed by atoms with van der Waals surface area (Å²) >= 11 is 3.44. The van der Waals surface area contributed by atoms with Crippen LogP contribution in [0.5, 0.6) is 0 Å². The van der Waals surface area contributed by atoms with E-state index in [4.69, 9.17) is 9.47 Å². The van der Waals surface area contributed by atoms with Crippen molar-refractivity contribution < 1.29 is 14.3 Å². The molecule has 0 aromatic heterocycles. The minimum Gasteiger partial charge on any atom is -0.378 e. The Morgan fingerprint density at radius 2 is 2.25 bits per heavy atom. The smallest absolute Gasteiger partial charge is 0.166 e. The first-order valence-electron chi connectivity index (χ1n) is 7.12. The lowest BCUT2D eigenvalue weighted by molar-refractivity contribution is -0.0920. The summed E-state index contributed by atoms with van der Waals surface area (Å²) < 4.78 is 12.4. The molecule has 0 N–H and O–H groups in total. The van der Waals surface area contributed by atoms with E-state index in [-0.39, 0.29) is 17.3 Å². The molecule has 2 saturated heterocycles. The highest BCUT2D eigenvalue weighted by Crippen LogP contribution is 2.37. The van der Waals surface area contributed by atoms with Gasteiger partial charge in [-0.15, -0.1) is 0 Å². The quantitative estimate of drug-likeness (QED) is 0.774. The third-order valence-electron chi connectivity index (χ3n) is 4.38. The molecule has 0 amide bonds. The van der Waals surface area contributed by atoms with Gasteiger partial charge in [-0.05, 0) is 37.5 Å². The molecule has 0 bridgehead atoms. The second-order valence-corrected chi connectivity index (χ2v) is 6.76. The number of hydrogen-bond acceptors (Lipinski definition) is 3. The van der Waals surface area contributed by atoms with Crippen molar-refractivity contribution in [2.24, 2.45) is 5.92 Å². The van der Waals surface area contributed by atoms with E-state index >= 15 is 0 Å². The third-order valence-corrected chi connectivity index (χ3v) is 4.88. The van der Waals surface area contributed by atoms with Crippen LogP contribution < -0.4 is 0 Å². The molecule has 2 heterocycles. The van der Waals surface area contributed by atoms with Crippen molar-refractivity contribution in [3.8, 4) is 0 Å². The maximum Gasteiger partial charge on any atom is 0.166 e. The molecule has 1 aromatic carbocycles. The van der Waals surface area contributed by atoms with Crippen LogP contribution in [0.4, 0.5) is 0 Å². The minimum absolute atomic E-state index is 0.0605. The Bertz CT molecular complexity index is 520. The molecule has 0 saturated carbocycles. The zero-order chi connectivity index (χ0) is 14.2. The van der Waals surface area contributed by atoms with Crippen LogP contribution in [0, 0.1) is 12.8 Å². The first kappa shape index (κ1) is 14.2. The van der Waals surface area contributed by atoms with Gasteiger partial charge in [0, 0.05) is 35.6 Å². The molecular weight excluding hydrogens is 320 g/mol. The van der Waals surface area contributed by atoms with Crippen molar-refractivity contribution in [3.63, 3.8) is 0 Å². The highest BCUT2D eigenvalue weighted by atomic mass is 79.9. The van der Waals surface area contributed by atoms with Gasteiger partial charge in [0.2, 0.25) is 0 Å². The molecule has 2 aliphatic heterocycles. The number of rotatable bonds is 2. The van der Waals surface area contributed by atoms with Crippen molar-refractivity contribution in [2.45, 2.75) is 31.8 Å². The average molecular weight is 339 g/mol. The van der Waals surface area contributed by atoms with Gasteiger partial charge in [0.1, 0.15) is 0 Å². The summed E-state index contributed by atoms with van der Waals surface area (Å²) in [5.74, 6) is 0.315. The topological polar surface area (TPSA) is 35.5 Å². The van der Waals surface area contributed by atoms with Gasteiger partial charge in [-0.2, -0.15) is 0 Å². The molecule has 3 nitrogen and oxygen atoms in total. The lowest BCUT2D eigenvalue weighted by Gasteiger charge is -2.36. The van der Waals surface area contributed by atoms with Gasteiger partial charge in [0.05, 0.1) is 12.2 Å². The van der Waals surface area contributed by atoms with Gasteiger partial charge in [-0.3, -0.25) is 4.79 Å². The number of ether oxygens (including phenoxy) is 2. The molecule has 3 rings (SSSR count). The Morgan fingerprint density at radius 3 is 2.95 bits per heavy atom. The Kier molecular flexibility index (Phi) is 3.98. The second kappa shape index (κ2) is 5.58. The van der Waals surface area contributed by atoms with E-state index < -0.39 is 0 Å². The number of carbonyl (C=O) groups excluding carboxylic acids is 1. The van der Waals surface area contributed by atoms with Crippen molar-refractivity contribution >= 4 is 21.7 Å². The first-order valence-corrected chi connectivity index (χ1v) is 7.91. The summed E-state index contributed by atoms with van der Waals surface area (Å²) in [6, 6.07) is 5.87. The molecule has 108 valence electrons. The van der Waals surface area contributed by atoms with Crippen molar-refractivity contribution in [1.29, 1.82) is 0 Å². The number of benzene rings is 1. The summed E-state index contributed by atoms with van der Waals surface area (Å²) in [6.07, 6.45) is 2.52. The van der Waals surface area contributed by atoms with Gasteiger partial charge < -0.3 is 9.47 Å². The number of halogens is 1. The van der Waals surface area contributed by atoms with Crippen LogP contribution in [0.2, 0.25) is 0 Å². The standard InChI is InChI=1S/C16H19BrO3/c1-11-8-13(17)2-3-14(11)15(18)12-4-6-20-16(9-12)5-7-19-10-16/h2-3,8,12H,4-7,9-10H2,1H3. The molecule has 2 unspecified atom stereocenters. The predicted molar refractivity (Wildman–Crippen MR) is 80.1 cm³/mol. The molecule has 4 heteroatoms. The largest absolute Gasteiger partial charge is 0.378 e. The van der Waals surface area contributed by atoms with Crippen LogP contribution in [0.15, 0.2) is 22.7 Å². The van der Waals surface area contributed by atoms with Gasteiger partial charge in [0.25, 0.3) is 0 Å². The molecule has 2 fully saturated rings. The summed E-state index contributed by atoms with van der Waals surface area (Å²) in [6.45, 7) is 4.04. The number of aryl methyl sites for hydroxylation is 1. The summed E-state index contributed by atoms with van der Waals surface area (Å²) in [4.78, 5) is 12.8. The Hall–Kier alpha value is -0.710. The molecule has 2 aliphatic rings. The Balaban J connectivity index is 1.79. The molecule has 2 atom stereocenters. The third kappa shape index (κ3) is 2.69. The first-order chi connectivity index (χ1) is 9.60. The van der Waals surface area contributed by atoms with Crippen LogP contribution in [0.25, 0.3) is 0 Å². The van der Waals surface area contributed by atoms with E-state index in [0.29, 0.717) is 13.2 Å². The molecule has 0 radical (unpaired) electrons. The van der Waals surface area contributed by atoms with E-state index in [2.05, 4.69) is 15.9 Å². The van der Waals surface area contributed by atoms with E-state index in [1.54, 1.807) is 0 Å². The summed E-state index contributed by atoms with van der Waals surface area (Å²) in [7, 11) is 0. The maximum absolute atomic E-state index is 12.8. The fourth-order valence-electron chi connectivity index (χ4n) is 3.24. The number of carbonyl (C=O) groups is 1. The lowest BCUT2D eigenvalue weighted by atomic mass is 9.80. The van der Waals surface area contributed by atoms with Gasteiger partial charge in [-0.25, -0.2) is 0 Å². The summed E-state index contributed by atoms with van der Waals surface area (Å²) in [5, 5.41) is 0. The van der Waals surface area contributed by atoms with Gasteiger partial charge in [0.15, 0.2) is 5.78 Å². The van der Waals surface area contributed by atoms with Crippen molar-refractivity contribution in [3.05, 3.63) is 33.8 Å². The van der Waals surface area contributed by atoms with E-state index in [1.807, 2.05) is 25.1 Å². The van der Waals surface area contributed by atoms with Crippen LogP contribution in [-0.4, -0.2) is 31.2 Å². The molecule has 0 aliphatic carbocycles. The lowest BCUT2D eigenvalue weighted by Crippen LogP contribution is -2.42. The van der Waals surface area contributed by atoms with E-state index in [1.165, 1.54) is 0 Å². The SMILES string of the molecule is Cc1cc(Br)ccc1C(=O)C1CCOC2(CCOC2)C1.